The van der Waals surface area contributed by atoms with Crippen molar-refractivity contribution in [1.82, 2.24) is 15.3 Å². The second-order valence-corrected chi connectivity index (χ2v) is 8.72. The Bertz CT molecular complexity index is 1230. The van der Waals surface area contributed by atoms with Gasteiger partial charge in [-0.2, -0.15) is 0 Å². The lowest BCUT2D eigenvalue weighted by atomic mass is 9.82. The minimum Gasteiger partial charge on any atom is -0.345 e. The molecule has 2 aromatic carbocycles. The molecule has 0 radical (unpaired) electrons. The van der Waals surface area contributed by atoms with Crippen molar-refractivity contribution in [1.29, 1.82) is 0 Å². The number of benzene rings is 2. The van der Waals surface area contributed by atoms with Crippen molar-refractivity contribution in [3.63, 3.8) is 0 Å². The molecule has 1 amide bonds. The van der Waals surface area contributed by atoms with Gasteiger partial charge < -0.3 is 5.32 Å². The number of amides is 1. The standard InChI is InChI=1S/C26H24ClN3O/c1-16-25(18-9-12-20(27)13-10-18)29-23-14-11-19(15-24(23)28-16)26(31)30-22-8-4-6-17-5-2-3-7-21(17)22/h3,7,9-15,22H,2,4-6,8H2,1H3,(H,30,31). The highest BCUT2D eigenvalue weighted by Crippen LogP contribution is 2.32. The molecule has 31 heavy (non-hydrogen) atoms. The molecule has 4 nitrogen and oxygen atoms in total. The number of allylic oxidation sites excluding steroid dienone is 2. The van der Waals surface area contributed by atoms with E-state index in [0.717, 1.165) is 60.1 Å². The number of aromatic nitrogens is 2. The maximum atomic E-state index is 13.0. The van der Waals surface area contributed by atoms with Crippen LogP contribution in [-0.2, 0) is 0 Å². The highest BCUT2D eigenvalue weighted by Gasteiger charge is 2.24. The molecule has 1 atom stereocenters. The number of hydrogen-bond acceptors (Lipinski definition) is 3. The van der Waals surface area contributed by atoms with Gasteiger partial charge in [0.05, 0.1) is 28.5 Å². The normalized spacial score (nSPS) is 18.2. The number of nitrogens with zero attached hydrogens (tertiary/aromatic N) is 2. The highest BCUT2D eigenvalue weighted by atomic mass is 35.5. The van der Waals surface area contributed by atoms with Crippen molar-refractivity contribution in [2.24, 2.45) is 0 Å². The molecule has 1 heterocycles. The Morgan fingerprint density at radius 3 is 2.74 bits per heavy atom. The van der Waals surface area contributed by atoms with Crippen LogP contribution in [0.15, 0.2) is 65.8 Å². The number of carbonyl (C=O) groups is 1. The fourth-order valence-corrected chi connectivity index (χ4v) is 4.72. The van der Waals surface area contributed by atoms with Gasteiger partial charge in [0, 0.05) is 16.1 Å². The molecule has 5 rings (SSSR count). The summed E-state index contributed by atoms with van der Waals surface area (Å²) < 4.78 is 0. The molecule has 1 aromatic heterocycles. The smallest absolute Gasteiger partial charge is 0.251 e. The van der Waals surface area contributed by atoms with Gasteiger partial charge in [0.2, 0.25) is 0 Å². The Morgan fingerprint density at radius 1 is 1.06 bits per heavy atom. The number of hydrogen-bond donors (Lipinski definition) is 1. The Kier molecular flexibility index (Phi) is 5.33. The molecule has 0 saturated heterocycles. The molecule has 3 aromatic rings. The van der Waals surface area contributed by atoms with Crippen LogP contribution in [0.25, 0.3) is 22.3 Å². The Balaban J connectivity index is 1.42. The first kappa shape index (κ1) is 20.0. The minimum atomic E-state index is -0.0548. The Labute approximate surface area is 187 Å². The number of rotatable bonds is 3. The van der Waals surface area contributed by atoms with E-state index in [2.05, 4.69) is 17.5 Å². The van der Waals surface area contributed by atoms with Crippen LogP contribution in [0.3, 0.4) is 0 Å². The number of carbonyl (C=O) groups excluding carboxylic acids is 1. The lowest BCUT2D eigenvalue weighted by molar-refractivity contribution is 0.0940. The van der Waals surface area contributed by atoms with E-state index in [0.29, 0.717) is 10.6 Å². The highest BCUT2D eigenvalue weighted by molar-refractivity contribution is 6.30. The zero-order valence-electron chi connectivity index (χ0n) is 17.5. The maximum Gasteiger partial charge on any atom is 0.251 e. The van der Waals surface area contributed by atoms with Crippen LogP contribution in [0, 0.1) is 6.92 Å². The van der Waals surface area contributed by atoms with Crippen LogP contribution in [0.5, 0.6) is 0 Å². The molecule has 0 aliphatic heterocycles. The summed E-state index contributed by atoms with van der Waals surface area (Å²) in [5.74, 6) is -0.0548. The van der Waals surface area contributed by atoms with Gasteiger partial charge in [-0.3, -0.25) is 4.79 Å². The summed E-state index contributed by atoms with van der Waals surface area (Å²) in [6, 6.07) is 13.2. The van der Waals surface area contributed by atoms with Crippen molar-refractivity contribution in [2.75, 3.05) is 0 Å². The second-order valence-electron chi connectivity index (χ2n) is 8.29. The van der Waals surface area contributed by atoms with Crippen molar-refractivity contribution in [3.8, 4) is 11.3 Å². The van der Waals surface area contributed by atoms with Gasteiger partial charge in [0.15, 0.2) is 0 Å². The molecule has 5 heteroatoms. The summed E-state index contributed by atoms with van der Waals surface area (Å²) >= 11 is 6.01. The molecule has 0 spiro atoms. The van der Waals surface area contributed by atoms with Gasteiger partial charge >= 0.3 is 0 Å². The average molecular weight is 430 g/mol. The third kappa shape index (κ3) is 4.00. The fourth-order valence-electron chi connectivity index (χ4n) is 4.59. The van der Waals surface area contributed by atoms with E-state index in [4.69, 9.17) is 21.6 Å². The summed E-state index contributed by atoms with van der Waals surface area (Å²) in [6.07, 6.45) is 9.94. The SMILES string of the molecule is Cc1nc2cc(C(=O)NC3CCCC4=C3C=CCC4)ccc2nc1-c1ccc(Cl)cc1. The number of nitrogens with one attached hydrogen (secondary N) is 1. The molecule has 1 unspecified atom stereocenters. The zero-order valence-corrected chi connectivity index (χ0v) is 18.2. The van der Waals surface area contributed by atoms with Gasteiger partial charge in [-0.1, -0.05) is 41.5 Å². The molecular formula is C26H24ClN3O. The van der Waals surface area contributed by atoms with Gasteiger partial charge in [-0.05, 0) is 74.9 Å². The number of fused-ring (bicyclic) bond motifs is 1. The molecule has 2 aliphatic carbocycles. The summed E-state index contributed by atoms with van der Waals surface area (Å²) in [6.45, 7) is 1.94. The average Bonchev–Trinajstić information content (AvgIpc) is 2.79. The van der Waals surface area contributed by atoms with Gasteiger partial charge in [-0.25, -0.2) is 9.97 Å². The zero-order chi connectivity index (χ0) is 21.4. The molecule has 0 fully saturated rings. The van der Waals surface area contributed by atoms with E-state index in [1.807, 2.05) is 49.4 Å². The molecule has 0 bridgehead atoms. The second kappa shape index (κ2) is 8.27. The predicted molar refractivity (Wildman–Crippen MR) is 125 cm³/mol. The monoisotopic (exact) mass is 429 g/mol. The lowest BCUT2D eigenvalue weighted by Gasteiger charge is -2.29. The summed E-state index contributed by atoms with van der Waals surface area (Å²) in [7, 11) is 0. The molecule has 1 N–H and O–H groups in total. The van der Waals surface area contributed by atoms with Crippen molar-refractivity contribution in [2.45, 2.75) is 45.1 Å². The van der Waals surface area contributed by atoms with E-state index >= 15 is 0 Å². The topological polar surface area (TPSA) is 54.9 Å². The minimum absolute atomic E-state index is 0.0548. The fraction of sp³-hybridized carbons (Fsp3) is 0.269. The first-order chi connectivity index (χ1) is 15.1. The van der Waals surface area contributed by atoms with Crippen LogP contribution in [0.4, 0.5) is 0 Å². The van der Waals surface area contributed by atoms with Crippen molar-refractivity contribution < 1.29 is 4.79 Å². The third-order valence-corrected chi connectivity index (χ3v) is 6.44. The van der Waals surface area contributed by atoms with Crippen LogP contribution >= 0.6 is 11.6 Å². The van der Waals surface area contributed by atoms with Crippen molar-refractivity contribution in [3.05, 3.63) is 82.0 Å². The van der Waals surface area contributed by atoms with E-state index in [1.165, 1.54) is 11.1 Å². The molecular weight excluding hydrogens is 406 g/mol. The van der Waals surface area contributed by atoms with E-state index in [9.17, 15) is 4.79 Å². The third-order valence-electron chi connectivity index (χ3n) is 6.19. The number of aryl methyl sites for hydroxylation is 1. The largest absolute Gasteiger partial charge is 0.345 e. The Hall–Kier alpha value is -2.98. The molecule has 2 aliphatic rings. The van der Waals surface area contributed by atoms with E-state index < -0.39 is 0 Å². The van der Waals surface area contributed by atoms with Gasteiger partial charge in [0.25, 0.3) is 5.91 Å². The molecule has 156 valence electrons. The first-order valence-electron chi connectivity index (χ1n) is 10.8. The Morgan fingerprint density at radius 2 is 1.90 bits per heavy atom. The predicted octanol–water partition coefficient (Wildman–Crippen LogP) is 6.19. The van der Waals surface area contributed by atoms with E-state index in [1.54, 1.807) is 0 Å². The summed E-state index contributed by atoms with van der Waals surface area (Å²) in [5.41, 5.74) is 7.56. The summed E-state index contributed by atoms with van der Waals surface area (Å²) in [5, 5.41) is 3.94. The molecule has 0 saturated carbocycles. The number of halogens is 1. The van der Waals surface area contributed by atoms with Gasteiger partial charge in [0.1, 0.15) is 0 Å². The lowest BCUT2D eigenvalue weighted by Crippen LogP contribution is -2.38. The van der Waals surface area contributed by atoms with Crippen molar-refractivity contribution >= 4 is 28.5 Å². The van der Waals surface area contributed by atoms with E-state index in [-0.39, 0.29) is 11.9 Å². The van der Waals surface area contributed by atoms with Crippen LogP contribution < -0.4 is 5.32 Å². The first-order valence-corrected chi connectivity index (χ1v) is 11.2. The summed E-state index contributed by atoms with van der Waals surface area (Å²) in [4.78, 5) is 22.5. The quantitative estimate of drug-likeness (QED) is 0.540. The van der Waals surface area contributed by atoms with Gasteiger partial charge in [-0.15, -0.1) is 0 Å². The maximum absolute atomic E-state index is 13.0. The van der Waals surface area contributed by atoms with Crippen LogP contribution in [0.1, 0.15) is 48.2 Å². The van der Waals surface area contributed by atoms with Crippen LogP contribution in [-0.4, -0.2) is 21.9 Å². The van der Waals surface area contributed by atoms with Crippen LogP contribution in [0.2, 0.25) is 5.02 Å².